The first-order valence-electron chi connectivity index (χ1n) is 7.42. The van der Waals surface area contributed by atoms with Crippen molar-refractivity contribution in [3.8, 4) is 0 Å². The molecule has 2 heterocycles. The van der Waals surface area contributed by atoms with Crippen molar-refractivity contribution in [2.75, 3.05) is 6.54 Å². The van der Waals surface area contributed by atoms with Crippen LogP contribution < -0.4 is 5.32 Å². The number of carboxylic acid groups (broad SMARTS) is 2. The normalized spacial score (nSPS) is 10.3. The summed E-state index contributed by atoms with van der Waals surface area (Å²) in [7, 11) is 0. The number of aromatic amines is 1. The largest absolute Gasteiger partial charge is 0.483 e. The summed E-state index contributed by atoms with van der Waals surface area (Å²) in [6.07, 6.45) is 8.77. The number of nitrogens with zero attached hydrogens (tertiary/aromatic N) is 3. The fraction of sp³-hybridized carbons (Fsp3) is 0.400. The maximum absolute atomic E-state index is 12.0. The van der Waals surface area contributed by atoms with Gasteiger partial charge in [0.15, 0.2) is 0 Å². The Bertz CT molecular complexity index is 606. The Morgan fingerprint density at radius 1 is 1.32 bits per heavy atom. The molecule has 138 valence electrons. The summed E-state index contributed by atoms with van der Waals surface area (Å²) in [6, 6.07) is -0.230. The van der Waals surface area contributed by atoms with E-state index in [9.17, 15) is 4.79 Å². The summed E-state index contributed by atoms with van der Waals surface area (Å²) in [5, 5.41) is 16.7. The molecule has 0 saturated carbocycles. The second-order valence-corrected chi connectivity index (χ2v) is 4.70. The number of imidazole rings is 2. The first kappa shape index (κ1) is 21.8. The number of nitrogens with one attached hydrogen (secondary N) is 2. The van der Waals surface area contributed by atoms with Crippen LogP contribution in [0.4, 0.5) is 0 Å². The van der Waals surface area contributed by atoms with Gasteiger partial charge in [-0.1, -0.05) is 0 Å². The summed E-state index contributed by atoms with van der Waals surface area (Å²) in [5.74, 6) is 1.81. The molecule has 2 aromatic rings. The molecule has 1 unspecified atom stereocenters. The van der Waals surface area contributed by atoms with Crippen molar-refractivity contribution in [2.24, 2.45) is 0 Å². The van der Waals surface area contributed by atoms with Crippen molar-refractivity contribution in [3.05, 3.63) is 36.4 Å². The van der Waals surface area contributed by atoms with Crippen LogP contribution in [-0.4, -0.2) is 55.1 Å². The van der Waals surface area contributed by atoms with E-state index in [1.807, 2.05) is 24.6 Å². The molecule has 25 heavy (non-hydrogen) atoms. The number of hydrogen-bond acceptors (Lipinski definition) is 5. The molecular formula is C15H23N5O5. The van der Waals surface area contributed by atoms with E-state index < -0.39 is 0 Å². The molecule has 0 aromatic carbocycles. The summed E-state index contributed by atoms with van der Waals surface area (Å²) >= 11 is 0. The molecular weight excluding hydrogens is 330 g/mol. The molecule has 0 saturated heterocycles. The highest BCUT2D eigenvalue weighted by molar-refractivity contribution is 5.79. The van der Waals surface area contributed by atoms with Crippen molar-refractivity contribution in [1.82, 2.24) is 24.8 Å². The van der Waals surface area contributed by atoms with Gasteiger partial charge in [0.05, 0.1) is 0 Å². The van der Waals surface area contributed by atoms with Crippen molar-refractivity contribution in [2.45, 2.75) is 32.7 Å². The van der Waals surface area contributed by atoms with Crippen molar-refractivity contribution in [1.29, 1.82) is 0 Å². The maximum Gasteiger partial charge on any atom is 0.290 e. The molecule has 0 aliphatic heterocycles. The third-order valence-corrected chi connectivity index (χ3v) is 3.10. The van der Waals surface area contributed by atoms with Gasteiger partial charge in [0.1, 0.15) is 17.7 Å². The lowest BCUT2D eigenvalue weighted by Crippen LogP contribution is -2.32. The minimum Gasteiger partial charge on any atom is -0.483 e. The topological polar surface area (TPSA) is 150 Å². The predicted molar refractivity (Wildman–Crippen MR) is 89.0 cm³/mol. The van der Waals surface area contributed by atoms with E-state index in [1.165, 1.54) is 0 Å². The molecule has 10 heteroatoms. The highest BCUT2D eigenvalue weighted by atomic mass is 16.3. The van der Waals surface area contributed by atoms with Gasteiger partial charge in [0.25, 0.3) is 12.9 Å². The van der Waals surface area contributed by atoms with Gasteiger partial charge in [0, 0.05) is 37.8 Å². The van der Waals surface area contributed by atoms with E-state index in [0.717, 1.165) is 24.5 Å². The first-order valence-corrected chi connectivity index (χ1v) is 7.42. The van der Waals surface area contributed by atoms with Crippen molar-refractivity contribution >= 4 is 18.9 Å². The summed E-state index contributed by atoms with van der Waals surface area (Å²) < 4.78 is 1.86. The maximum atomic E-state index is 12.0. The number of aryl methyl sites for hydroxylation is 2. The lowest BCUT2D eigenvalue weighted by molar-refractivity contribution is -0.124. The third kappa shape index (κ3) is 8.89. The molecule has 0 aliphatic rings. The average Bonchev–Trinajstić information content (AvgIpc) is 3.23. The molecule has 0 fully saturated rings. The van der Waals surface area contributed by atoms with Gasteiger partial charge in [0.2, 0.25) is 5.91 Å². The van der Waals surface area contributed by atoms with Gasteiger partial charge in [-0.25, -0.2) is 9.97 Å². The van der Waals surface area contributed by atoms with Gasteiger partial charge in [-0.3, -0.25) is 14.4 Å². The number of carbonyl (C=O) groups excluding carboxylic acids is 1. The lowest BCUT2D eigenvalue weighted by atomic mass is 10.2. The molecule has 0 radical (unpaired) electrons. The number of hydrogen-bond donors (Lipinski definition) is 4. The van der Waals surface area contributed by atoms with Crippen LogP contribution in [0.15, 0.2) is 24.8 Å². The zero-order chi connectivity index (χ0) is 19.1. The van der Waals surface area contributed by atoms with E-state index in [1.54, 1.807) is 18.6 Å². The number of carbonyl (C=O) groups is 3. The smallest absolute Gasteiger partial charge is 0.290 e. The molecule has 1 atom stereocenters. The van der Waals surface area contributed by atoms with Crippen LogP contribution in [0, 0.1) is 6.92 Å². The van der Waals surface area contributed by atoms with Gasteiger partial charge in [-0.15, -0.1) is 0 Å². The fourth-order valence-electron chi connectivity index (χ4n) is 1.97. The van der Waals surface area contributed by atoms with Crippen LogP contribution in [-0.2, 0) is 20.8 Å². The van der Waals surface area contributed by atoms with Crippen LogP contribution in [0.3, 0.4) is 0 Å². The van der Waals surface area contributed by atoms with Crippen LogP contribution in [0.2, 0.25) is 0 Å². The van der Waals surface area contributed by atoms with Gasteiger partial charge in [-0.2, -0.15) is 0 Å². The predicted octanol–water partition coefficient (Wildman–Crippen LogP) is 0.626. The molecule has 1 amide bonds. The second-order valence-electron chi connectivity index (χ2n) is 4.70. The van der Waals surface area contributed by atoms with Gasteiger partial charge < -0.3 is 25.1 Å². The standard InChI is InChI=1S/C13H19N5O.2CH2O2/c1-10(18-9-8-14-11(18)2)13(19)17-5-3-4-12-15-6-7-16-12;2*2-1-3/h6-10H,3-5H2,1-2H3,(H,15,16)(H,17,19);2*1H,(H,2,3). The molecule has 10 nitrogen and oxygen atoms in total. The number of amides is 1. The SMILES string of the molecule is Cc1nccn1C(C)C(=O)NCCCc1ncc[nH]1.O=CO.O=CO. The van der Waals surface area contributed by atoms with E-state index in [0.29, 0.717) is 6.54 Å². The van der Waals surface area contributed by atoms with E-state index in [-0.39, 0.29) is 24.9 Å². The van der Waals surface area contributed by atoms with Crippen LogP contribution in [0.1, 0.15) is 31.0 Å². The number of rotatable bonds is 6. The minimum atomic E-state index is -0.250. The highest BCUT2D eigenvalue weighted by Gasteiger charge is 2.15. The Balaban J connectivity index is 0.000000844. The molecule has 0 aliphatic carbocycles. The number of H-pyrrole nitrogens is 1. The molecule has 0 bridgehead atoms. The Morgan fingerprint density at radius 2 is 1.96 bits per heavy atom. The Morgan fingerprint density at radius 3 is 2.44 bits per heavy atom. The van der Waals surface area contributed by atoms with Crippen molar-refractivity contribution in [3.63, 3.8) is 0 Å². The number of aromatic nitrogens is 4. The Kier molecular flexibility index (Phi) is 11.6. The Hall–Kier alpha value is -3.17. The third-order valence-electron chi connectivity index (χ3n) is 3.10. The summed E-state index contributed by atoms with van der Waals surface area (Å²) in [4.78, 5) is 40.0. The fourth-order valence-corrected chi connectivity index (χ4v) is 1.97. The van der Waals surface area contributed by atoms with Crippen molar-refractivity contribution < 1.29 is 24.6 Å². The zero-order valence-electron chi connectivity index (χ0n) is 14.1. The molecule has 0 spiro atoms. The van der Waals surface area contributed by atoms with E-state index >= 15 is 0 Å². The van der Waals surface area contributed by atoms with E-state index in [4.69, 9.17) is 19.8 Å². The zero-order valence-corrected chi connectivity index (χ0v) is 14.1. The van der Waals surface area contributed by atoms with Crippen LogP contribution >= 0.6 is 0 Å². The molecule has 2 aromatic heterocycles. The van der Waals surface area contributed by atoms with Gasteiger partial charge >= 0.3 is 0 Å². The first-order chi connectivity index (χ1) is 12.0. The van der Waals surface area contributed by atoms with Crippen LogP contribution in [0.5, 0.6) is 0 Å². The molecule has 2 rings (SSSR count). The Labute approximate surface area is 144 Å². The monoisotopic (exact) mass is 353 g/mol. The minimum absolute atomic E-state index is 0.0144. The highest BCUT2D eigenvalue weighted by Crippen LogP contribution is 2.08. The van der Waals surface area contributed by atoms with E-state index in [2.05, 4.69) is 20.3 Å². The average molecular weight is 353 g/mol. The summed E-state index contributed by atoms with van der Waals surface area (Å²) in [6.45, 7) is 3.91. The molecule has 4 N–H and O–H groups in total. The van der Waals surface area contributed by atoms with Crippen LogP contribution in [0.25, 0.3) is 0 Å². The lowest BCUT2D eigenvalue weighted by Gasteiger charge is -2.14. The van der Waals surface area contributed by atoms with Gasteiger partial charge in [-0.05, 0) is 20.3 Å². The quantitative estimate of drug-likeness (QED) is 0.439. The summed E-state index contributed by atoms with van der Waals surface area (Å²) in [5.41, 5.74) is 0. The second kappa shape index (κ2) is 13.3.